The highest BCUT2D eigenvalue weighted by molar-refractivity contribution is 7.17. The molecule has 5 rings (SSSR count). The van der Waals surface area contributed by atoms with Crippen molar-refractivity contribution < 1.29 is 18.7 Å². The van der Waals surface area contributed by atoms with Crippen molar-refractivity contribution >= 4 is 39.1 Å². The maximum absolute atomic E-state index is 13.1. The Balaban J connectivity index is 1.34. The van der Waals surface area contributed by atoms with Crippen LogP contribution in [-0.2, 0) is 28.8 Å². The number of benzene rings is 1. The summed E-state index contributed by atoms with van der Waals surface area (Å²) in [5.74, 6) is -0.254. The molecule has 6 nitrogen and oxygen atoms in total. The molecule has 2 aromatic heterocycles. The third kappa shape index (κ3) is 4.07. The molecule has 1 atom stereocenters. The number of nitrogens with one attached hydrogen (secondary N) is 2. The van der Waals surface area contributed by atoms with Crippen LogP contribution < -0.4 is 10.6 Å². The molecular weight excluding hydrogens is 424 g/mol. The number of fused-ring (bicyclic) bond motifs is 2. The largest absolute Gasteiger partial charge is 0.464 e. The van der Waals surface area contributed by atoms with E-state index in [2.05, 4.69) is 16.7 Å². The SMILES string of the molecule is Cc1cc(C)c2c(CC(=O)Nc3sc4c(c3C(=O)NC[C@@H]3CCCO3)CCC4)coc2c1. The average molecular weight is 453 g/mol. The Hall–Kier alpha value is -2.64. The molecule has 32 heavy (non-hydrogen) atoms. The Labute approximate surface area is 191 Å². The first-order valence-corrected chi connectivity index (χ1v) is 12.1. The number of hydrogen-bond donors (Lipinski definition) is 2. The summed E-state index contributed by atoms with van der Waals surface area (Å²) in [6.45, 7) is 5.34. The summed E-state index contributed by atoms with van der Waals surface area (Å²) in [5, 5.41) is 7.71. The van der Waals surface area contributed by atoms with Gasteiger partial charge in [-0.3, -0.25) is 9.59 Å². The van der Waals surface area contributed by atoms with Gasteiger partial charge >= 0.3 is 0 Å². The van der Waals surface area contributed by atoms with E-state index in [0.717, 1.165) is 71.9 Å². The van der Waals surface area contributed by atoms with Gasteiger partial charge in [0.1, 0.15) is 10.6 Å². The van der Waals surface area contributed by atoms with Crippen LogP contribution in [0.25, 0.3) is 11.0 Å². The lowest BCUT2D eigenvalue weighted by atomic mass is 10.0. The van der Waals surface area contributed by atoms with E-state index in [1.165, 1.54) is 16.2 Å². The maximum atomic E-state index is 13.1. The van der Waals surface area contributed by atoms with E-state index in [9.17, 15) is 9.59 Å². The van der Waals surface area contributed by atoms with E-state index in [4.69, 9.17) is 9.15 Å². The van der Waals surface area contributed by atoms with Crippen molar-refractivity contribution in [2.75, 3.05) is 18.5 Å². The quantitative estimate of drug-likeness (QED) is 0.569. The molecule has 1 aliphatic carbocycles. The predicted octanol–water partition coefficient (Wildman–Crippen LogP) is 4.69. The predicted molar refractivity (Wildman–Crippen MR) is 126 cm³/mol. The van der Waals surface area contributed by atoms with Gasteiger partial charge in [0, 0.05) is 29.0 Å². The van der Waals surface area contributed by atoms with Crippen LogP contribution in [0.15, 0.2) is 22.8 Å². The second kappa shape index (κ2) is 8.71. The number of thiophene rings is 1. The fourth-order valence-corrected chi connectivity index (χ4v) is 6.24. The highest BCUT2D eigenvalue weighted by Crippen LogP contribution is 2.39. The number of furan rings is 1. The molecule has 0 bridgehead atoms. The number of hydrogen-bond acceptors (Lipinski definition) is 5. The van der Waals surface area contributed by atoms with Crippen LogP contribution in [-0.4, -0.2) is 31.1 Å². The van der Waals surface area contributed by atoms with Crippen LogP contribution in [0.1, 0.15) is 56.8 Å². The Bertz CT molecular complexity index is 1190. The third-order valence-corrected chi connectivity index (χ3v) is 7.57. The summed E-state index contributed by atoms with van der Waals surface area (Å²) in [6, 6.07) is 4.09. The molecule has 2 N–H and O–H groups in total. The lowest BCUT2D eigenvalue weighted by molar-refractivity contribution is -0.115. The molecule has 2 amide bonds. The summed E-state index contributed by atoms with van der Waals surface area (Å²) in [6.07, 6.45) is 6.88. The van der Waals surface area contributed by atoms with Crippen LogP contribution >= 0.6 is 11.3 Å². The summed E-state index contributed by atoms with van der Waals surface area (Å²) < 4.78 is 11.3. The smallest absolute Gasteiger partial charge is 0.254 e. The lowest BCUT2D eigenvalue weighted by Gasteiger charge is -2.12. The Morgan fingerprint density at radius 2 is 2.06 bits per heavy atom. The minimum absolute atomic E-state index is 0.0879. The molecular formula is C25H28N2O4S. The van der Waals surface area contributed by atoms with Gasteiger partial charge in [-0.25, -0.2) is 0 Å². The Morgan fingerprint density at radius 3 is 2.88 bits per heavy atom. The van der Waals surface area contributed by atoms with Crippen molar-refractivity contribution in [2.24, 2.45) is 0 Å². The molecule has 2 aliphatic rings. The molecule has 0 radical (unpaired) electrons. The zero-order valence-corrected chi connectivity index (χ0v) is 19.3. The van der Waals surface area contributed by atoms with Gasteiger partial charge in [0.15, 0.2) is 0 Å². The molecule has 1 aliphatic heterocycles. The van der Waals surface area contributed by atoms with Gasteiger partial charge in [0.2, 0.25) is 5.91 Å². The van der Waals surface area contributed by atoms with Gasteiger partial charge in [0.25, 0.3) is 5.91 Å². The molecule has 1 fully saturated rings. The van der Waals surface area contributed by atoms with Crippen molar-refractivity contribution in [3.05, 3.63) is 51.1 Å². The van der Waals surface area contributed by atoms with E-state index >= 15 is 0 Å². The van der Waals surface area contributed by atoms with Gasteiger partial charge < -0.3 is 19.8 Å². The van der Waals surface area contributed by atoms with Crippen LogP contribution in [0.2, 0.25) is 0 Å². The topological polar surface area (TPSA) is 80.6 Å². The highest BCUT2D eigenvalue weighted by atomic mass is 32.1. The summed E-state index contributed by atoms with van der Waals surface area (Å²) in [5.41, 5.74) is 5.62. The molecule has 1 aromatic carbocycles. The van der Waals surface area contributed by atoms with E-state index in [0.29, 0.717) is 17.1 Å². The van der Waals surface area contributed by atoms with E-state index in [1.54, 1.807) is 6.26 Å². The minimum atomic E-state index is -0.138. The highest BCUT2D eigenvalue weighted by Gasteiger charge is 2.28. The van der Waals surface area contributed by atoms with Gasteiger partial charge in [-0.1, -0.05) is 6.07 Å². The van der Waals surface area contributed by atoms with Crippen LogP contribution in [0.3, 0.4) is 0 Å². The summed E-state index contributed by atoms with van der Waals surface area (Å²) in [7, 11) is 0. The molecule has 0 spiro atoms. The normalized spacial score (nSPS) is 17.6. The maximum Gasteiger partial charge on any atom is 0.254 e. The van der Waals surface area contributed by atoms with Crippen molar-refractivity contribution in [1.29, 1.82) is 0 Å². The number of carbonyl (C=O) groups is 2. The molecule has 0 saturated carbocycles. The monoisotopic (exact) mass is 452 g/mol. The molecule has 1 saturated heterocycles. The Kier molecular flexibility index (Phi) is 5.78. The van der Waals surface area contributed by atoms with E-state index < -0.39 is 0 Å². The summed E-state index contributed by atoms with van der Waals surface area (Å²) in [4.78, 5) is 27.3. The van der Waals surface area contributed by atoms with E-state index in [-0.39, 0.29) is 24.3 Å². The lowest BCUT2D eigenvalue weighted by Crippen LogP contribution is -2.32. The van der Waals surface area contributed by atoms with E-state index in [1.807, 2.05) is 19.9 Å². The third-order valence-electron chi connectivity index (χ3n) is 6.36. The fraction of sp³-hybridized carbons (Fsp3) is 0.440. The van der Waals surface area contributed by atoms with Crippen molar-refractivity contribution in [3.8, 4) is 0 Å². The first kappa shape index (κ1) is 21.2. The van der Waals surface area contributed by atoms with Gasteiger partial charge in [-0.2, -0.15) is 0 Å². The Morgan fingerprint density at radius 1 is 1.19 bits per heavy atom. The van der Waals surface area contributed by atoms with Gasteiger partial charge in [-0.05, 0) is 68.7 Å². The first-order chi connectivity index (χ1) is 15.5. The number of ether oxygens (including phenoxy) is 1. The number of carbonyl (C=O) groups excluding carboxylic acids is 2. The molecule has 3 heterocycles. The number of rotatable bonds is 6. The van der Waals surface area contributed by atoms with Crippen molar-refractivity contribution in [2.45, 2.75) is 58.5 Å². The minimum Gasteiger partial charge on any atom is -0.464 e. The zero-order chi connectivity index (χ0) is 22.2. The van der Waals surface area contributed by atoms with Crippen LogP contribution in [0, 0.1) is 13.8 Å². The second-order valence-corrected chi connectivity index (χ2v) is 9.95. The second-order valence-electron chi connectivity index (χ2n) is 8.85. The van der Waals surface area contributed by atoms with Crippen LogP contribution in [0.5, 0.6) is 0 Å². The number of aryl methyl sites for hydroxylation is 3. The molecule has 168 valence electrons. The van der Waals surface area contributed by atoms with Gasteiger partial charge in [-0.15, -0.1) is 11.3 Å². The average Bonchev–Trinajstić information content (AvgIpc) is 3.50. The molecule has 7 heteroatoms. The number of anilines is 1. The van der Waals surface area contributed by atoms with Gasteiger partial charge in [0.05, 0.1) is 24.4 Å². The molecule has 0 unspecified atom stereocenters. The zero-order valence-electron chi connectivity index (χ0n) is 18.5. The van der Waals surface area contributed by atoms with Crippen molar-refractivity contribution in [3.63, 3.8) is 0 Å². The van der Waals surface area contributed by atoms with Crippen molar-refractivity contribution in [1.82, 2.24) is 5.32 Å². The first-order valence-electron chi connectivity index (χ1n) is 11.3. The summed E-state index contributed by atoms with van der Waals surface area (Å²) >= 11 is 1.54. The number of amides is 2. The van der Waals surface area contributed by atoms with Crippen LogP contribution in [0.4, 0.5) is 5.00 Å². The fourth-order valence-electron chi connectivity index (χ4n) is 4.93. The standard InChI is InChI=1S/C25H28N2O4S/c1-14-9-15(2)22-16(13-31-19(22)10-14)11-21(28)27-25-23(18-6-3-7-20(18)32-25)24(29)26-12-17-5-4-8-30-17/h9-10,13,17H,3-8,11-12H2,1-2H3,(H,26,29)(H,27,28)/t17-/m0/s1. The molecule has 3 aromatic rings.